The molecule has 0 bridgehead atoms. The van der Waals surface area contributed by atoms with Crippen molar-refractivity contribution in [1.82, 2.24) is 4.98 Å². The van der Waals surface area contributed by atoms with Crippen LogP contribution >= 0.6 is 15.9 Å². The molecule has 0 unspecified atom stereocenters. The van der Waals surface area contributed by atoms with E-state index in [0.29, 0.717) is 10.2 Å². The highest BCUT2D eigenvalue weighted by atomic mass is 79.9. The highest BCUT2D eigenvalue weighted by molar-refractivity contribution is 9.10. The summed E-state index contributed by atoms with van der Waals surface area (Å²) in [5.41, 5.74) is 5.51. The van der Waals surface area contributed by atoms with Crippen molar-refractivity contribution in [2.75, 3.05) is 7.11 Å². The van der Waals surface area contributed by atoms with Crippen LogP contribution in [0.25, 0.3) is 0 Å². The smallest absolute Gasteiger partial charge is 0.284 e. The molecule has 2 N–H and O–H groups in total. The van der Waals surface area contributed by atoms with E-state index in [-0.39, 0.29) is 18.0 Å². The fourth-order valence-corrected chi connectivity index (χ4v) is 1.57. The number of hydrogen-bond acceptors (Lipinski definition) is 3. The second kappa shape index (κ2) is 4.65. The first-order valence-electron chi connectivity index (χ1n) is 3.81. The second-order valence-corrected chi connectivity index (χ2v) is 3.34. The summed E-state index contributed by atoms with van der Waals surface area (Å²) in [6.45, 7) is 0.129. The molecule has 14 heavy (non-hydrogen) atoms. The van der Waals surface area contributed by atoms with Crippen molar-refractivity contribution in [2.45, 2.75) is 13.0 Å². The van der Waals surface area contributed by atoms with Crippen molar-refractivity contribution in [3.8, 4) is 5.75 Å². The molecule has 0 aliphatic rings. The number of methoxy groups -OCH3 is 1. The molecule has 0 amide bonds. The van der Waals surface area contributed by atoms with E-state index < -0.39 is 6.43 Å². The molecule has 1 rings (SSSR count). The molecule has 1 aromatic rings. The van der Waals surface area contributed by atoms with Crippen molar-refractivity contribution >= 4 is 15.9 Å². The van der Waals surface area contributed by atoms with Crippen LogP contribution in [0.2, 0.25) is 0 Å². The molecule has 0 atom stereocenters. The third kappa shape index (κ3) is 2.19. The topological polar surface area (TPSA) is 48.1 Å². The largest absolute Gasteiger partial charge is 0.494 e. The van der Waals surface area contributed by atoms with Crippen molar-refractivity contribution in [3.63, 3.8) is 0 Å². The lowest BCUT2D eigenvalue weighted by molar-refractivity contribution is 0.141. The Balaban J connectivity index is 3.31. The number of halogens is 3. The monoisotopic (exact) mass is 266 g/mol. The summed E-state index contributed by atoms with van der Waals surface area (Å²) in [6, 6.07) is 1.56. The number of pyridine rings is 1. The van der Waals surface area contributed by atoms with E-state index in [9.17, 15) is 8.78 Å². The minimum absolute atomic E-state index is 0.0608. The van der Waals surface area contributed by atoms with Gasteiger partial charge >= 0.3 is 0 Å². The van der Waals surface area contributed by atoms with E-state index in [1.165, 1.54) is 7.11 Å². The van der Waals surface area contributed by atoms with Crippen LogP contribution in [0, 0.1) is 0 Å². The lowest BCUT2D eigenvalue weighted by atomic mass is 10.2. The van der Waals surface area contributed by atoms with Crippen molar-refractivity contribution in [1.29, 1.82) is 0 Å². The average Bonchev–Trinajstić information content (AvgIpc) is 2.16. The molecule has 0 aromatic carbocycles. The quantitative estimate of drug-likeness (QED) is 0.854. The minimum Gasteiger partial charge on any atom is -0.494 e. The number of nitrogens with zero attached hydrogens (tertiary/aromatic N) is 1. The third-order valence-corrected chi connectivity index (χ3v) is 2.08. The predicted octanol–water partition coefficient (Wildman–Crippen LogP) is 2.25. The Morgan fingerprint density at radius 2 is 2.29 bits per heavy atom. The van der Waals surface area contributed by atoms with Crippen LogP contribution in [-0.2, 0) is 6.54 Å². The summed E-state index contributed by atoms with van der Waals surface area (Å²) in [7, 11) is 1.32. The Morgan fingerprint density at radius 1 is 1.64 bits per heavy atom. The zero-order chi connectivity index (χ0) is 10.7. The zero-order valence-electron chi connectivity index (χ0n) is 7.43. The van der Waals surface area contributed by atoms with Crippen molar-refractivity contribution < 1.29 is 13.5 Å². The van der Waals surface area contributed by atoms with Crippen LogP contribution in [0.1, 0.15) is 17.7 Å². The van der Waals surface area contributed by atoms with Crippen LogP contribution in [0.5, 0.6) is 5.75 Å². The van der Waals surface area contributed by atoms with Gasteiger partial charge in [-0.2, -0.15) is 0 Å². The fourth-order valence-electron chi connectivity index (χ4n) is 1.11. The lowest BCUT2D eigenvalue weighted by Crippen LogP contribution is -2.05. The molecule has 0 spiro atoms. The fraction of sp³-hybridized carbons (Fsp3) is 0.375. The Hall–Kier alpha value is -0.750. The van der Waals surface area contributed by atoms with Crippen LogP contribution in [0.4, 0.5) is 8.78 Å². The van der Waals surface area contributed by atoms with Gasteiger partial charge in [-0.15, -0.1) is 0 Å². The summed E-state index contributed by atoms with van der Waals surface area (Å²) >= 11 is 3.03. The lowest BCUT2D eigenvalue weighted by Gasteiger charge is -2.11. The Morgan fingerprint density at radius 3 is 2.71 bits per heavy atom. The van der Waals surface area contributed by atoms with Gasteiger partial charge in [0.1, 0.15) is 10.3 Å². The minimum atomic E-state index is -2.67. The summed E-state index contributed by atoms with van der Waals surface area (Å²) < 4.78 is 30.2. The summed E-state index contributed by atoms with van der Waals surface area (Å²) in [5, 5.41) is 0. The first kappa shape index (κ1) is 11.3. The second-order valence-electron chi connectivity index (χ2n) is 2.53. The van der Waals surface area contributed by atoms with Crippen LogP contribution < -0.4 is 10.5 Å². The van der Waals surface area contributed by atoms with Crippen LogP contribution in [-0.4, -0.2) is 12.1 Å². The summed E-state index contributed by atoms with van der Waals surface area (Å²) in [4.78, 5) is 3.64. The molecule has 1 aromatic heterocycles. The summed E-state index contributed by atoms with van der Waals surface area (Å²) in [5.74, 6) is 0.0608. The van der Waals surface area contributed by atoms with Gasteiger partial charge in [0, 0.05) is 12.1 Å². The SMILES string of the molecule is COc1c(CN)cc(Br)nc1C(F)F. The number of rotatable bonds is 3. The third-order valence-electron chi connectivity index (χ3n) is 1.68. The number of alkyl halides is 2. The molecule has 78 valence electrons. The number of nitrogens with two attached hydrogens (primary N) is 1. The standard InChI is InChI=1S/C8H9BrF2N2O/c1-14-7-4(3-12)2-5(9)13-6(7)8(10)11/h2,8H,3,12H2,1H3. The predicted molar refractivity (Wildman–Crippen MR) is 51.3 cm³/mol. The van der Waals surface area contributed by atoms with E-state index in [0.717, 1.165) is 0 Å². The first-order valence-corrected chi connectivity index (χ1v) is 4.61. The molecule has 0 aliphatic heterocycles. The average molecular weight is 267 g/mol. The van der Waals surface area contributed by atoms with Gasteiger partial charge < -0.3 is 10.5 Å². The van der Waals surface area contributed by atoms with Gasteiger partial charge in [0.05, 0.1) is 7.11 Å². The van der Waals surface area contributed by atoms with Crippen LogP contribution in [0.15, 0.2) is 10.7 Å². The molecule has 0 aliphatic carbocycles. The zero-order valence-corrected chi connectivity index (χ0v) is 9.01. The molecule has 0 fully saturated rings. The molecular formula is C8H9BrF2N2O. The number of aromatic nitrogens is 1. The van der Waals surface area contributed by atoms with Crippen molar-refractivity contribution in [2.24, 2.45) is 5.73 Å². The molecule has 1 heterocycles. The van der Waals surface area contributed by atoms with Gasteiger partial charge in [-0.1, -0.05) is 0 Å². The Labute approximate surface area is 88.4 Å². The van der Waals surface area contributed by atoms with Gasteiger partial charge in [-0.05, 0) is 22.0 Å². The number of hydrogen-bond donors (Lipinski definition) is 1. The van der Waals surface area contributed by atoms with Gasteiger partial charge in [0.15, 0.2) is 5.75 Å². The highest BCUT2D eigenvalue weighted by Gasteiger charge is 2.19. The number of ether oxygens (including phenoxy) is 1. The van der Waals surface area contributed by atoms with Gasteiger partial charge in [0.25, 0.3) is 6.43 Å². The molecule has 3 nitrogen and oxygen atoms in total. The molecule has 6 heteroatoms. The first-order chi connectivity index (χ1) is 6.60. The van der Waals surface area contributed by atoms with Gasteiger partial charge in [-0.3, -0.25) is 0 Å². The molecule has 0 saturated carbocycles. The maximum atomic E-state index is 12.5. The van der Waals surface area contributed by atoms with Crippen molar-refractivity contribution in [3.05, 3.63) is 21.9 Å². The maximum Gasteiger partial charge on any atom is 0.284 e. The maximum absolute atomic E-state index is 12.5. The summed E-state index contributed by atoms with van der Waals surface area (Å²) in [6.07, 6.45) is -2.67. The van der Waals surface area contributed by atoms with E-state index in [1.54, 1.807) is 6.07 Å². The normalized spacial score (nSPS) is 10.7. The van der Waals surface area contributed by atoms with E-state index >= 15 is 0 Å². The highest BCUT2D eigenvalue weighted by Crippen LogP contribution is 2.32. The molecule has 0 radical (unpaired) electrons. The van der Waals surface area contributed by atoms with E-state index in [4.69, 9.17) is 10.5 Å². The van der Waals surface area contributed by atoms with Crippen LogP contribution in [0.3, 0.4) is 0 Å². The van der Waals surface area contributed by atoms with E-state index in [1.807, 2.05) is 0 Å². The Kier molecular flexibility index (Phi) is 3.77. The van der Waals surface area contributed by atoms with Gasteiger partial charge in [0.2, 0.25) is 0 Å². The van der Waals surface area contributed by atoms with Gasteiger partial charge in [-0.25, -0.2) is 13.8 Å². The van der Waals surface area contributed by atoms with E-state index in [2.05, 4.69) is 20.9 Å². The molecular weight excluding hydrogens is 258 g/mol. The molecule has 0 saturated heterocycles. The Bertz CT molecular complexity index is 333.